The maximum absolute atomic E-state index is 8.92. The van der Waals surface area contributed by atoms with Gasteiger partial charge in [-0.2, -0.15) is 5.26 Å². The van der Waals surface area contributed by atoms with Crippen molar-refractivity contribution in [3.05, 3.63) is 15.8 Å². The first kappa shape index (κ1) is 6.12. The summed E-state index contributed by atoms with van der Waals surface area (Å²) in [4.78, 5) is 0.870. The highest BCUT2D eigenvalue weighted by atomic mass is 32.1. The zero-order valence-corrected chi connectivity index (χ0v) is 5.70. The van der Waals surface area contributed by atoms with Gasteiger partial charge in [-0.05, 0) is 6.92 Å². The summed E-state index contributed by atoms with van der Waals surface area (Å²) in [5.74, 6) is 0.0972. The molecule has 0 saturated heterocycles. The summed E-state index contributed by atoms with van der Waals surface area (Å²) in [6, 6.07) is 1.90. The summed E-state index contributed by atoms with van der Waals surface area (Å²) in [7, 11) is 0. The molecule has 0 aromatic carbocycles. The zero-order chi connectivity index (χ0) is 6.85. The van der Waals surface area contributed by atoms with E-state index in [9.17, 15) is 0 Å². The van der Waals surface area contributed by atoms with E-state index in [1.54, 1.807) is 5.38 Å². The molecule has 0 aliphatic rings. The number of hydrogen-bond acceptors (Lipinski definition) is 3. The second-order valence-electron chi connectivity index (χ2n) is 1.66. The first-order valence-electron chi connectivity index (χ1n) is 2.43. The predicted octanol–water partition coefficient (Wildman–Crippen LogP) is 1.63. The summed E-state index contributed by atoms with van der Waals surface area (Å²) in [5, 5.41) is 18.9. The van der Waals surface area contributed by atoms with Crippen molar-refractivity contribution < 1.29 is 5.11 Å². The summed E-state index contributed by atoms with van der Waals surface area (Å²) in [5.41, 5.74) is 0.403. The Kier molecular flexibility index (Phi) is 1.41. The molecule has 9 heavy (non-hydrogen) atoms. The SMILES string of the molecule is Cc1scc(O)c1C#N. The smallest absolute Gasteiger partial charge is 0.144 e. The molecule has 0 aliphatic heterocycles. The van der Waals surface area contributed by atoms with Gasteiger partial charge in [-0.15, -0.1) is 11.3 Å². The Morgan fingerprint density at radius 2 is 2.44 bits per heavy atom. The van der Waals surface area contributed by atoms with E-state index in [1.165, 1.54) is 11.3 Å². The highest BCUT2D eigenvalue weighted by molar-refractivity contribution is 7.10. The van der Waals surface area contributed by atoms with E-state index in [1.807, 2.05) is 13.0 Å². The van der Waals surface area contributed by atoms with Crippen molar-refractivity contribution in [3.63, 3.8) is 0 Å². The molecule has 0 radical (unpaired) electrons. The summed E-state index contributed by atoms with van der Waals surface area (Å²) >= 11 is 1.38. The highest BCUT2D eigenvalue weighted by Gasteiger charge is 2.03. The van der Waals surface area contributed by atoms with Crippen LogP contribution >= 0.6 is 11.3 Å². The van der Waals surface area contributed by atoms with Crippen LogP contribution in [0.25, 0.3) is 0 Å². The van der Waals surface area contributed by atoms with Crippen LogP contribution in [0, 0.1) is 18.3 Å². The van der Waals surface area contributed by atoms with Gasteiger partial charge >= 0.3 is 0 Å². The Balaban J connectivity index is 3.27. The first-order valence-corrected chi connectivity index (χ1v) is 3.31. The van der Waals surface area contributed by atoms with Gasteiger partial charge < -0.3 is 5.11 Å². The van der Waals surface area contributed by atoms with Crippen molar-refractivity contribution in [2.24, 2.45) is 0 Å². The van der Waals surface area contributed by atoms with Crippen molar-refractivity contribution in [2.75, 3.05) is 0 Å². The molecule has 1 heterocycles. The van der Waals surface area contributed by atoms with Gasteiger partial charge in [0.05, 0.1) is 0 Å². The number of aryl methyl sites for hydroxylation is 1. The molecule has 2 nitrogen and oxygen atoms in total. The lowest BCUT2D eigenvalue weighted by molar-refractivity contribution is 0.476. The Bertz CT molecular complexity index is 239. The van der Waals surface area contributed by atoms with Crippen molar-refractivity contribution >= 4 is 11.3 Å². The third-order valence-corrected chi connectivity index (χ3v) is 1.97. The second-order valence-corrected chi connectivity index (χ2v) is 2.75. The minimum Gasteiger partial charge on any atom is -0.506 e. The topological polar surface area (TPSA) is 44.0 Å². The third-order valence-electron chi connectivity index (χ3n) is 1.07. The number of nitriles is 1. The fraction of sp³-hybridized carbons (Fsp3) is 0.167. The highest BCUT2D eigenvalue weighted by Crippen LogP contribution is 2.25. The molecule has 0 unspecified atom stereocenters. The van der Waals surface area contributed by atoms with Gasteiger partial charge in [-0.3, -0.25) is 0 Å². The molecule has 0 bridgehead atoms. The van der Waals surface area contributed by atoms with Crippen molar-refractivity contribution in [2.45, 2.75) is 6.92 Å². The number of aromatic hydroxyl groups is 1. The Hall–Kier alpha value is -1.01. The molecule has 1 aromatic rings. The van der Waals surface area contributed by atoms with E-state index < -0.39 is 0 Å². The van der Waals surface area contributed by atoms with E-state index >= 15 is 0 Å². The van der Waals surface area contributed by atoms with Gasteiger partial charge in [0.1, 0.15) is 17.4 Å². The molecule has 1 aromatic heterocycles. The standard InChI is InChI=1S/C6H5NOS/c1-4-5(2-7)6(8)3-9-4/h3,8H,1H3. The van der Waals surface area contributed by atoms with Crippen LogP contribution in [0.15, 0.2) is 5.38 Å². The molecular formula is C6H5NOS. The van der Waals surface area contributed by atoms with E-state index in [0.717, 1.165) is 4.88 Å². The Labute approximate surface area is 57.0 Å². The number of hydrogen-bond donors (Lipinski definition) is 1. The average Bonchev–Trinajstić information content (AvgIpc) is 2.12. The van der Waals surface area contributed by atoms with Gasteiger partial charge in [-0.25, -0.2) is 0 Å². The molecule has 3 heteroatoms. The minimum absolute atomic E-state index is 0.0972. The Morgan fingerprint density at radius 1 is 1.78 bits per heavy atom. The number of thiophene rings is 1. The van der Waals surface area contributed by atoms with Gasteiger partial charge in [0.2, 0.25) is 0 Å². The number of nitrogens with zero attached hydrogens (tertiary/aromatic N) is 1. The third kappa shape index (κ3) is 0.889. The molecule has 0 amide bonds. The normalized spacial score (nSPS) is 8.89. The van der Waals surface area contributed by atoms with Gasteiger partial charge in [-0.1, -0.05) is 0 Å². The average molecular weight is 139 g/mol. The van der Waals surface area contributed by atoms with Gasteiger partial charge in [0.25, 0.3) is 0 Å². The van der Waals surface area contributed by atoms with Crippen LogP contribution in [-0.4, -0.2) is 5.11 Å². The minimum atomic E-state index is 0.0972. The zero-order valence-electron chi connectivity index (χ0n) is 4.88. The van der Waals surface area contributed by atoms with Crippen LogP contribution in [0.1, 0.15) is 10.4 Å². The van der Waals surface area contributed by atoms with Gasteiger partial charge in [0.15, 0.2) is 0 Å². The second kappa shape index (κ2) is 2.08. The molecule has 46 valence electrons. The quantitative estimate of drug-likeness (QED) is 0.593. The van der Waals surface area contributed by atoms with Crippen molar-refractivity contribution in [3.8, 4) is 11.8 Å². The van der Waals surface area contributed by atoms with Crippen molar-refractivity contribution in [1.29, 1.82) is 5.26 Å². The van der Waals surface area contributed by atoms with Crippen molar-refractivity contribution in [1.82, 2.24) is 0 Å². The monoisotopic (exact) mass is 139 g/mol. The molecule has 1 N–H and O–H groups in total. The fourth-order valence-corrected chi connectivity index (χ4v) is 1.25. The van der Waals surface area contributed by atoms with Crippen LogP contribution in [-0.2, 0) is 0 Å². The molecule has 1 rings (SSSR count). The van der Waals surface area contributed by atoms with Crippen LogP contribution in [0.5, 0.6) is 5.75 Å². The van der Waals surface area contributed by atoms with E-state index in [4.69, 9.17) is 10.4 Å². The van der Waals surface area contributed by atoms with E-state index in [2.05, 4.69) is 0 Å². The lowest BCUT2D eigenvalue weighted by atomic mass is 10.3. The molecule has 0 aliphatic carbocycles. The molecule has 0 saturated carbocycles. The van der Waals surface area contributed by atoms with Crippen LogP contribution < -0.4 is 0 Å². The lowest BCUT2D eigenvalue weighted by Gasteiger charge is -1.82. The summed E-state index contributed by atoms with van der Waals surface area (Å²) < 4.78 is 0. The number of rotatable bonds is 0. The largest absolute Gasteiger partial charge is 0.506 e. The lowest BCUT2D eigenvalue weighted by Crippen LogP contribution is -1.69. The first-order chi connectivity index (χ1) is 4.25. The molecular weight excluding hydrogens is 134 g/mol. The summed E-state index contributed by atoms with van der Waals surface area (Å²) in [6.45, 7) is 1.81. The van der Waals surface area contributed by atoms with Crippen LogP contribution in [0.2, 0.25) is 0 Å². The molecule has 0 spiro atoms. The maximum Gasteiger partial charge on any atom is 0.144 e. The maximum atomic E-state index is 8.92. The predicted molar refractivity (Wildman–Crippen MR) is 35.4 cm³/mol. The van der Waals surface area contributed by atoms with E-state index in [-0.39, 0.29) is 5.75 Å². The van der Waals surface area contributed by atoms with E-state index in [0.29, 0.717) is 5.56 Å². The van der Waals surface area contributed by atoms with Crippen LogP contribution in [0.4, 0.5) is 0 Å². The van der Waals surface area contributed by atoms with Gasteiger partial charge in [0, 0.05) is 10.3 Å². The summed E-state index contributed by atoms with van der Waals surface area (Å²) in [6.07, 6.45) is 0. The molecule has 0 atom stereocenters. The van der Waals surface area contributed by atoms with Crippen LogP contribution in [0.3, 0.4) is 0 Å². The molecule has 0 fully saturated rings. The fourth-order valence-electron chi connectivity index (χ4n) is 0.578. The Morgan fingerprint density at radius 3 is 2.67 bits per heavy atom.